The van der Waals surface area contributed by atoms with Crippen LogP contribution in [0.5, 0.6) is 28.7 Å². The van der Waals surface area contributed by atoms with Crippen molar-refractivity contribution in [2.75, 3.05) is 39.9 Å². The number of aromatic hydroxyl groups is 1. The molecule has 35 heavy (non-hydrogen) atoms. The van der Waals surface area contributed by atoms with Crippen LogP contribution in [0.4, 0.5) is 5.69 Å². The minimum atomic E-state index is -0.554. The fraction of sp³-hybridized carbons (Fsp3) is 0.231. The van der Waals surface area contributed by atoms with Crippen molar-refractivity contribution in [2.24, 2.45) is 0 Å². The molecule has 184 valence electrons. The van der Waals surface area contributed by atoms with E-state index in [0.29, 0.717) is 40.8 Å². The van der Waals surface area contributed by atoms with Gasteiger partial charge in [0.2, 0.25) is 5.75 Å². The third kappa shape index (κ3) is 5.75. The van der Waals surface area contributed by atoms with E-state index in [2.05, 4.69) is 5.32 Å². The third-order valence-electron chi connectivity index (χ3n) is 5.32. The molecule has 1 fully saturated rings. The van der Waals surface area contributed by atoms with Crippen LogP contribution in [0.3, 0.4) is 0 Å². The molecule has 9 nitrogen and oxygen atoms in total. The first-order valence-electron chi connectivity index (χ1n) is 10.7. The summed E-state index contributed by atoms with van der Waals surface area (Å²) in [5.74, 6) is 1.62. The molecular formula is C26H28N2O7. The zero-order valence-electron chi connectivity index (χ0n) is 20.0. The summed E-state index contributed by atoms with van der Waals surface area (Å²) in [6.07, 6.45) is 0. The third-order valence-corrected chi connectivity index (χ3v) is 5.32. The predicted octanol–water partition coefficient (Wildman–Crippen LogP) is 3.26. The zero-order chi connectivity index (χ0) is 25.4. The summed E-state index contributed by atoms with van der Waals surface area (Å²) in [5.41, 5.74) is 1.14. The van der Waals surface area contributed by atoms with Crippen molar-refractivity contribution >= 4 is 17.5 Å². The second-order valence-electron chi connectivity index (χ2n) is 7.40. The van der Waals surface area contributed by atoms with E-state index in [1.165, 1.54) is 28.4 Å². The van der Waals surface area contributed by atoms with Gasteiger partial charge in [-0.05, 0) is 24.3 Å². The van der Waals surface area contributed by atoms with Crippen molar-refractivity contribution in [3.63, 3.8) is 0 Å². The van der Waals surface area contributed by atoms with Gasteiger partial charge in [0.15, 0.2) is 23.0 Å². The fourth-order valence-corrected chi connectivity index (χ4v) is 3.45. The Labute approximate surface area is 203 Å². The topological polar surface area (TPSA) is 107 Å². The van der Waals surface area contributed by atoms with Crippen molar-refractivity contribution < 1.29 is 33.6 Å². The normalized spacial score (nSPS) is 14.1. The van der Waals surface area contributed by atoms with Gasteiger partial charge < -0.3 is 34.3 Å². The number of carbonyl (C=O) groups excluding carboxylic acids is 2. The van der Waals surface area contributed by atoms with Gasteiger partial charge in [-0.15, -0.1) is 0 Å². The van der Waals surface area contributed by atoms with Crippen LogP contribution in [-0.2, 0) is 4.79 Å². The molecule has 0 aromatic heterocycles. The number of nitrogens with zero attached hydrogens (tertiary/aromatic N) is 1. The first kappa shape index (κ1) is 25.2. The number of para-hydroxylation sites is 2. The lowest BCUT2D eigenvalue weighted by atomic mass is 10.0. The maximum absolute atomic E-state index is 12.5. The van der Waals surface area contributed by atoms with Crippen LogP contribution in [0.15, 0.2) is 66.7 Å². The molecule has 2 N–H and O–H groups in total. The number of β-lactam (4-membered cyclic amide) rings is 1. The quantitative estimate of drug-likeness (QED) is 0.500. The Hall–Kier alpha value is -4.40. The molecule has 0 spiro atoms. The van der Waals surface area contributed by atoms with E-state index in [4.69, 9.17) is 24.1 Å². The number of amides is 2. The van der Waals surface area contributed by atoms with Crippen LogP contribution in [0.1, 0.15) is 10.4 Å². The molecular weight excluding hydrogens is 452 g/mol. The van der Waals surface area contributed by atoms with Crippen LogP contribution < -0.4 is 29.2 Å². The lowest BCUT2D eigenvalue weighted by molar-refractivity contribution is -0.124. The Morgan fingerprint density at radius 3 is 1.91 bits per heavy atom. The van der Waals surface area contributed by atoms with Crippen LogP contribution in [0.25, 0.3) is 0 Å². The van der Waals surface area contributed by atoms with Gasteiger partial charge in [-0.25, -0.2) is 0 Å². The smallest absolute Gasteiger partial charge is 0.251 e. The zero-order valence-corrected chi connectivity index (χ0v) is 20.0. The second-order valence-corrected chi connectivity index (χ2v) is 7.40. The molecule has 1 heterocycles. The highest BCUT2D eigenvalue weighted by Gasteiger charge is 2.39. The molecule has 0 radical (unpaired) electrons. The summed E-state index contributed by atoms with van der Waals surface area (Å²) in [5, 5.41) is 11.7. The Morgan fingerprint density at radius 2 is 1.43 bits per heavy atom. The van der Waals surface area contributed by atoms with E-state index in [-0.39, 0.29) is 17.6 Å². The number of phenolic OH excluding ortho intramolecular Hbond substituents is 1. The number of benzene rings is 3. The fourth-order valence-electron chi connectivity index (χ4n) is 3.45. The molecule has 1 aliphatic heterocycles. The summed E-state index contributed by atoms with van der Waals surface area (Å²) in [6, 6.07) is 18.5. The molecule has 4 rings (SSSR count). The molecule has 3 aromatic rings. The van der Waals surface area contributed by atoms with Gasteiger partial charge in [-0.3, -0.25) is 9.59 Å². The number of hydrogen-bond donors (Lipinski definition) is 2. The molecule has 1 unspecified atom stereocenters. The van der Waals surface area contributed by atoms with E-state index < -0.39 is 6.04 Å². The molecule has 1 aliphatic rings. The minimum Gasteiger partial charge on any atom is -0.504 e. The molecule has 9 heteroatoms. The lowest BCUT2D eigenvalue weighted by Gasteiger charge is -2.39. The van der Waals surface area contributed by atoms with Crippen molar-refractivity contribution in [1.82, 2.24) is 5.32 Å². The second kappa shape index (κ2) is 11.6. The lowest BCUT2D eigenvalue weighted by Crippen LogP contribution is -2.64. The van der Waals surface area contributed by atoms with Gasteiger partial charge in [0, 0.05) is 17.7 Å². The number of carbonyl (C=O) groups is 2. The number of nitrogens with one attached hydrogen (secondary N) is 1. The number of methoxy groups -OCH3 is 4. The van der Waals surface area contributed by atoms with Crippen LogP contribution in [0.2, 0.25) is 0 Å². The van der Waals surface area contributed by atoms with E-state index in [0.717, 1.165) is 0 Å². The van der Waals surface area contributed by atoms with Crippen LogP contribution in [0, 0.1) is 0 Å². The molecule has 2 amide bonds. The first-order chi connectivity index (χ1) is 16.9. The average molecular weight is 481 g/mol. The molecule has 0 saturated carbocycles. The highest BCUT2D eigenvalue weighted by Crippen LogP contribution is 2.42. The number of rotatable bonds is 7. The molecule has 0 bridgehead atoms. The van der Waals surface area contributed by atoms with Crippen molar-refractivity contribution in [3.05, 3.63) is 72.3 Å². The van der Waals surface area contributed by atoms with E-state index >= 15 is 0 Å². The SMILES string of the molecule is COc1cc(N2CC(NC(=O)c3ccccc3)C2=O)cc(OC)c1OC.COc1ccccc1O. The van der Waals surface area contributed by atoms with Gasteiger partial charge >= 0.3 is 0 Å². The van der Waals surface area contributed by atoms with Gasteiger partial charge in [0.25, 0.3) is 11.8 Å². The summed E-state index contributed by atoms with van der Waals surface area (Å²) < 4.78 is 20.7. The summed E-state index contributed by atoms with van der Waals surface area (Å²) in [6.45, 7) is 0.371. The maximum Gasteiger partial charge on any atom is 0.251 e. The average Bonchev–Trinajstić information content (AvgIpc) is 2.90. The monoisotopic (exact) mass is 480 g/mol. The number of hydrogen-bond acceptors (Lipinski definition) is 7. The first-order valence-corrected chi connectivity index (χ1v) is 10.7. The van der Waals surface area contributed by atoms with Crippen molar-refractivity contribution in [2.45, 2.75) is 6.04 Å². The van der Waals surface area contributed by atoms with E-state index in [1.54, 1.807) is 65.6 Å². The Morgan fingerprint density at radius 1 is 0.857 bits per heavy atom. The highest BCUT2D eigenvalue weighted by atomic mass is 16.5. The highest BCUT2D eigenvalue weighted by molar-refractivity contribution is 6.07. The van der Waals surface area contributed by atoms with Crippen molar-refractivity contribution in [1.29, 1.82) is 0 Å². The van der Waals surface area contributed by atoms with Crippen LogP contribution >= 0.6 is 0 Å². The number of ether oxygens (including phenoxy) is 4. The summed E-state index contributed by atoms with van der Waals surface area (Å²) in [4.78, 5) is 26.2. The molecule has 1 saturated heterocycles. The summed E-state index contributed by atoms with van der Waals surface area (Å²) >= 11 is 0. The van der Waals surface area contributed by atoms with E-state index in [1.807, 2.05) is 6.07 Å². The largest absolute Gasteiger partial charge is 0.504 e. The minimum absolute atomic E-state index is 0.181. The Balaban J connectivity index is 0.000000320. The van der Waals surface area contributed by atoms with Gasteiger partial charge in [-0.2, -0.15) is 0 Å². The van der Waals surface area contributed by atoms with E-state index in [9.17, 15) is 9.59 Å². The van der Waals surface area contributed by atoms with Crippen molar-refractivity contribution in [3.8, 4) is 28.7 Å². The predicted molar refractivity (Wildman–Crippen MR) is 131 cm³/mol. The maximum atomic E-state index is 12.5. The van der Waals surface area contributed by atoms with Gasteiger partial charge in [0.1, 0.15) is 6.04 Å². The Bertz CT molecular complexity index is 1140. The van der Waals surface area contributed by atoms with Crippen LogP contribution in [-0.4, -0.2) is 57.9 Å². The Kier molecular flexibility index (Phi) is 8.39. The van der Waals surface area contributed by atoms with Gasteiger partial charge in [-0.1, -0.05) is 30.3 Å². The molecule has 3 aromatic carbocycles. The number of phenols is 1. The standard InChI is InChI=1S/C19H20N2O5.C7H8O2/c1-24-15-9-13(10-16(25-2)17(15)26-3)21-11-14(19(21)23)20-18(22)12-7-5-4-6-8-12;1-9-7-5-3-2-4-6(7)8/h4-10,14H,11H2,1-3H3,(H,20,22);2-5,8H,1H3. The number of anilines is 1. The summed E-state index contributed by atoms with van der Waals surface area (Å²) in [7, 11) is 6.07. The van der Waals surface area contributed by atoms with Gasteiger partial charge in [0.05, 0.1) is 40.7 Å². The molecule has 0 aliphatic carbocycles. The molecule has 1 atom stereocenters.